The van der Waals surface area contributed by atoms with Crippen LogP contribution in [0.5, 0.6) is 0 Å². The summed E-state index contributed by atoms with van der Waals surface area (Å²) in [5.74, 6) is 0.641. The monoisotopic (exact) mass is 344 g/mol. The minimum Gasteiger partial charge on any atom is -0.369 e. The summed E-state index contributed by atoms with van der Waals surface area (Å²) in [5.41, 5.74) is 6.91. The molecule has 1 aliphatic heterocycles. The molecule has 1 aliphatic rings. The second-order valence-corrected chi connectivity index (χ2v) is 6.60. The molecule has 3 aromatic rings. The Morgan fingerprint density at radius 1 is 1.21 bits per heavy atom. The van der Waals surface area contributed by atoms with E-state index in [2.05, 4.69) is 15.0 Å². The molecule has 4 N–H and O–H groups in total. The van der Waals surface area contributed by atoms with Crippen molar-refractivity contribution in [1.82, 2.24) is 19.9 Å². The first kappa shape index (κ1) is 14.8. The average Bonchev–Trinajstić information content (AvgIpc) is 3.15. The van der Waals surface area contributed by atoms with Crippen LogP contribution in [-0.4, -0.2) is 51.9 Å². The van der Waals surface area contributed by atoms with Gasteiger partial charge in [0.05, 0.1) is 10.2 Å². The number of aromatic nitrogens is 3. The Kier molecular flexibility index (Phi) is 3.49. The molecule has 4 heterocycles. The molecule has 0 aromatic carbocycles. The zero-order chi connectivity index (χ0) is 16.7. The van der Waals surface area contributed by atoms with E-state index in [1.165, 1.54) is 6.07 Å². The summed E-state index contributed by atoms with van der Waals surface area (Å²) in [6.45, 7) is 2.35. The summed E-state index contributed by atoms with van der Waals surface area (Å²) in [5, 5.41) is 1.99. The van der Waals surface area contributed by atoms with Crippen LogP contribution in [0.15, 0.2) is 28.4 Å². The number of fused-ring (bicyclic) bond motifs is 1. The highest BCUT2D eigenvalue weighted by atomic mass is 32.1. The minimum atomic E-state index is -0.275. The van der Waals surface area contributed by atoms with Crippen LogP contribution in [0.1, 0.15) is 10.5 Å². The van der Waals surface area contributed by atoms with Crippen molar-refractivity contribution in [2.75, 3.05) is 36.8 Å². The number of nitrogens with one attached hydrogen (secondary N) is 2. The Hall–Kier alpha value is -2.81. The second-order valence-electron chi connectivity index (χ2n) is 5.65. The summed E-state index contributed by atoms with van der Waals surface area (Å²) in [7, 11) is 0. The number of rotatable bonds is 2. The van der Waals surface area contributed by atoms with E-state index >= 15 is 0 Å². The third kappa shape index (κ3) is 2.62. The number of carbonyl (C=O) groups is 1. The lowest BCUT2D eigenvalue weighted by Crippen LogP contribution is -2.49. The number of nitrogens with zero attached hydrogens (tertiary/aromatic N) is 3. The number of carbonyl (C=O) groups excluding carboxylic acids is 1. The normalized spacial score (nSPS) is 15.2. The van der Waals surface area contributed by atoms with E-state index < -0.39 is 0 Å². The molecule has 3 aromatic heterocycles. The third-order valence-electron chi connectivity index (χ3n) is 4.11. The molecule has 0 aliphatic carbocycles. The lowest BCUT2D eigenvalue weighted by atomic mass is 10.2. The van der Waals surface area contributed by atoms with Gasteiger partial charge in [-0.2, -0.15) is 4.98 Å². The molecule has 24 heavy (non-hydrogen) atoms. The first-order valence-corrected chi connectivity index (χ1v) is 8.45. The lowest BCUT2D eigenvalue weighted by Gasteiger charge is -2.35. The predicted octanol–water partition coefficient (Wildman–Crippen LogP) is 0.857. The maximum atomic E-state index is 12.6. The molecule has 0 unspecified atom stereocenters. The summed E-state index contributed by atoms with van der Waals surface area (Å²) >= 11 is 1.61. The van der Waals surface area contributed by atoms with Gasteiger partial charge in [0, 0.05) is 32.2 Å². The highest BCUT2D eigenvalue weighted by Crippen LogP contribution is 2.22. The molecule has 0 bridgehead atoms. The third-order valence-corrected chi connectivity index (χ3v) is 4.97. The Morgan fingerprint density at radius 3 is 2.71 bits per heavy atom. The Balaban J connectivity index is 1.46. The fourth-order valence-corrected chi connectivity index (χ4v) is 3.68. The maximum Gasteiger partial charge on any atom is 0.270 e. The molecule has 1 fully saturated rings. The van der Waals surface area contributed by atoms with Gasteiger partial charge < -0.3 is 20.5 Å². The first-order valence-electron chi connectivity index (χ1n) is 7.57. The number of nitrogens with two attached hydrogens (primary N) is 1. The molecule has 9 heteroatoms. The summed E-state index contributed by atoms with van der Waals surface area (Å²) in [4.78, 5) is 37.6. The topological polar surface area (TPSA) is 111 Å². The summed E-state index contributed by atoms with van der Waals surface area (Å²) in [6, 6.07) is 5.29. The van der Waals surface area contributed by atoms with E-state index in [-0.39, 0.29) is 17.4 Å². The molecular formula is C15H16N6O2S. The standard InChI is InChI=1S/C15H16N6O2S/c16-15-18-12(8-13(22)19-15)20-2-4-21(5-3-20)14(23)10-7-11-9(17-10)1-6-24-11/h1,6-8,17H,2-5H2,(H3,16,18,19,22). The van der Waals surface area contributed by atoms with Crippen molar-refractivity contribution in [2.24, 2.45) is 0 Å². The molecule has 1 saturated heterocycles. The molecule has 0 spiro atoms. The number of thiophene rings is 1. The van der Waals surface area contributed by atoms with E-state index in [1.54, 1.807) is 11.3 Å². The first-order chi connectivity index (χ1) is 11.6. The van der Waals surface area contributed by atoms with Crippen molar-refractivity contribution in [3.8, 4) is 0 Å². The van der Waals surface area contributed by atoms with Crippen LogP contribution in [0.3, 0.4) is 0 Å². The zero-order valence-electron chi connectivity index (χ0n) is 12.8. The van der Waals surface area contributed by atoms with Crippen molar-refractivity contribution in [2.45, 2.75) is 0 Å². The molecule has 0 radical (unpaired) electrons. The highest BCUT2D eigenvalue weighted by molar-refractivity contribution is 7.17. The van der Waals surface area contributed by atoms with Gasteiger partial charge in [-0.3, -0.25) is 14.6 Å². The van der Waals surface area contributed by atoms with E-state index in [0.717, 1.165) is 10.2 Å². The predicted molar refractivity (Wildman–Crippen MR) is 93.6 cm³/mol. The number of amides is 1. The Morgan fingerprint density at radius 2 is 2.00 bits per heavy atom. The van der Waals surface area contributed by atoms with Crippen LogP contribution >= 0.6 is 11.3 Å². The van der Waals surface area contributed by atoms with Gasteiger partial charge in [-0.1, -0.05) is 0 Å². The molecule has 1 amide bonds. The minimum absolute atomic E-state index is 0.00330. The van der Waals surface area contributed by atoms with Gasteiger partial charge in [0.25, 0.3) is 11.5 Å². The quantitative estimate of drug-likeness (QED) is 0.638. The van der Waals surface area contributed by atoms with Gasteiger partial charge in [0.1, 0.15) is 11.5 Å². The summed E-state index contributed by atoms with van der Waals surface area (Å²) in [6.07, 6.45) is 0. The van der Waals surface area contributed by atoms with Crippen LogP contribution in [-0.2, 0) is 0 Å². The molecule has 0 atom stereocenters. The van der Waals surface area contributed by atoms with E-state index in [0.29, 0.717) is 37.7 Å². The number of piperazine rings is 1. The smallest absolute Gasteiger partial charge is 0.270 e. The SMILES string of the molecule is Nc1nc(N2CCN(C(=O)c3cc4sccc4[nH]3)CC2)cc(=O)[nH]1. The molecule has 8 nitrogen and oxygen atoms in total. The number of anilines is 2. The van der Waals surface area contributed by atoms with Gasteiger partial charge in [-0.15, -0.1) is 11.3 Å². The number of H-pyrrole nitrogens is 2. The van der Waals surface area contributed by atoms with Crippen molar-refractivity contribution in [3.05, 3.63) is 39.6 Å². The van der Waals surface area contributed by atoms with Crippen LogP contribution < -0.4 is 16.2 Å². The maximum absolute atomic E-state index is 12.6. The fourth-order valence-electron chi connectivity index (χ4n) is 2.90. The number of hydrogen-bond donors (Lipinski definition) is 3. The largest absolute Gasteiger partial charge is 0.369 e. The molecule has 4 rings (SSSR count). The molecular weight excluding hydrogens is 328 g/mol. The van der Waals surface area contributed by atoms with Gasteiger partial charge in [0.2, 0.25) is 5.95 Å². The number of aromatic amines is 2. The molecule has 124 valence electrons. The Labute approximate surface area is 140 Å². The van der Waals surface area contributed by atoms with Crippen LogP contribution in [0.2, 0.25) is 0 Å². The van der Waals surface area contributed by atoms with Gasteiger partial charge in [-0.25, -0.2) is 0 Å². The fraction of sp³-hybridized carbons (Fsp3) is 0.267. The average molecular weight is 344 g/mol. The summed E-state index contributed by atoms with van der Waals surface area (Å²) < 4.78 is 1.08. The molecule has 0 saturated carbocycles. The lowest BCUT2D eigenvalue weighted by molar-refractivity contribution is 0.0741. The zero-order valence-corrected chi connectivity index (χ0v) is 13.6. The van der Waals surface area contributed by atoms with E-state index in [1.807, 2.05) is 27.3 Å². The second kappa shape index (κ2) is 5.68. The Bertz CT molecular complexity index is 922. The van der Waals surface area contributed by atoms with Crippen molar-refractivity contribution in [1.29, 1.82) is 0 Å². The van der Waals surface area contributed by atoms with Gasteiger partial charge in [0.15, 0.2) is 0 Å². The van der Waals surface area contributed by atoms with Crippen LogP contribution in [0, 0.1) is 0 Å². The van der Waals surface area contributed by atoms with Crippen LogP contribution in [0.4, 0.5) is 11.8 Å². The van der Waals surface area contributed by atoms with Gasteiger partial charge >= 0.3 is 0 Å². The van der Waals surface area contributed by atoms with E-state index in [9.17, 15) is 9.59 Å². The van der Waals surface area contributed by atoms with E-state index in [4.69, 9.17) is 5.73 Å². The number of nitrogen functional groups attached to an aromatic ring is 1. The van der Waals surface area contributed by atoms with Gasteiger partial charge in [-0.05, 0) is 17.5 Å². The van der Waals surface area contributed by atoms with Crippen molar-refractivity contribution >= 4 is 39.2 Å². The number of hydrogen-bond acceptors (Lipinski definition) is 6. The highest BCUT2D eigenvalue weighted by Gasteiger charge is 2.24. The van der Waals surface area contributed by atoms with Crippen molar-refractivity contribution in [3.63, 3.8) is 0 Å². The van der Waals surface area contributed by atoms with Crippen LogP contribution in [0.25, 0.3) is 10.2 Å². The van der Waals surface area contributed by atoms with Crippen molar-refractivity contribution < 1.29 is 4.79 Å².